The molecule has 0 radical (unpaired) electrons. The van der Waals surface area contributed by atoms with Crippen LogP contribution < -0.4 is 0 Å². The SMILES string of the molecule is COCOC(C(O)CCO)C(C(C)C)(C(C)C)P(=O)(O)O. The summed E-state index contributed by atoms with van der Waals surface area (Å²) < 4.78 is 22.5. The zero-order chi connectivity index (χ0) is 16.8. The third-order valence-electron chi connectivity index (χ3n) is 3.95. The van der Waals surface area contributed by atoms with Crippen molar-refractivity contribution in [3.05, 3.63) is 0 Å². The second kappa shape index (κ2) is 8.58. The van der Waals surface area contributed by atoms with E-state index < -0.39 is 36.8 Å². The predicted octanol–water partition coefficient (Wildman–Crippen LogP) is 0.947. The van der Waals surface area contributed by atoms with Gasteiger partial charge in [-0.1, -0.05) is 27.7 Å². The summed E-state index contributed by atoms with van der Waals surface area (Å²) in [5, 5.41) is 17.7. The standard InChI is InChI=1S/C13H29O7P/c1-9(2)13(10(3)4,21(16,17)18)12(20-8-19-5)11(15)6-7-14/h9-12,14-15H,6-8H2,1-5H3,(H2,16,17,18). The molecule has 0 rings (SSSR count). The molecule has 4 N–H and O–H groups in total. The molecule has 0 aliphatic carbocycles. The average molecular weight is 328 g/mol. The number of hydrogen-bond donors (Lipinski definition) is 4. The Labute approximate surface area is 126 Å². The van der Waals surface area contributed by atoms with Crippen LogP contribution in [0.1, 0.15) is 34.1 Å². The van der Waals surface area contributed by atoms with Crippen LogP contribution in [0, 0.1) is 11.8 Å². The fraction of sp³-hybridized carbons (Fsp3) is 1.00. The van der Waals surface area contributed by atoms with Crippen LogP contribution in [-0.4, -0.2) is 57.9 Å². The van der Waals surface area contributed by atoms with E-state index >= 15 is 0 Å². The van der Waals surface area contributed by atoms with Crippen LogP contribution in [-0.2, 0) is 14.0 Å². The summed E-state index contributed by atoms with van der Waals surface area (Å²) in [5.74, 6) is -0.901. The van der Waals surface area contributed by atoms with Gasteiger partial charge in [0.2, 0.25) is 0 Å². The van der Waals surface area contributed by atoms with E-state index in [2.05, 4.69) is 0 Å². The molecule has 0 saturated carbocycles. The van der Waals surface area contributed by atoms with Crippen molar-refractivity contribution in [2.75, 3.05) is 20.5 Å². The molecule has 0 heterocycles. The normalized spacial score (nSPS) is 16.5. The third-order valence-corrected chi connectivity index (χ3v) is 6.25. The first-order valence-corrected chi connectivity index (χ1v) is 8.63. The van der Waals surface area contributed by atoms with E-state index in [0.29, 0.717) is 0 Å². The number of aliphatic hydroxyl groups excluding tert-OH is 2. The van der Waals surface area contributed by atoms with Crippen molar-refractivity contribution < 1.29 is 34.0 Å². The highest BCUT2D eigenvalue weighted by Crippen LogP contribution is 2.61. The van der Waals surface area contributed by atoms with Crippen LogP contribution in [0.25, 0.3) is 0 Å². The highest BCUT2D eigenvalue weighted by atomic mass is 31.2. The number of hydrogen-bond acceptors (Lipinski definition) is 5. The zero-order valence-corrected chi connectivity index (χ0v) is 14.3. The van der Waals surface area contributed by atoms with Crippen LogP contribution in [0.4, 0.5) is 0 Å². The summed E-state index contributed by atoms with van der Waals surface area (Å²) in [6.07, 6.45) is -2.39. The van der Waals surface area contributed by atoms with Gasteiger partial charge in [-0.3, -0.25) is 4.57 Å². The maximum absolute atomic E-state index is 12.2. The van der Waals surface area contributed by atoms with E-state index in [0.717, 1.165) is 0 Å². The molecule has 2 atom stereocenters. The minimum Gasteiger partial charge on any atom is -0.396 e. The highest BCUT2D eigenvalue weighted by molar-refractivity contribution is 7.53. The van der Waals surface area contributed by atoms with Crippen molar-refractivity contribution in [1.82, 2.24) is 0 Å². The molecular weight excluding hydrogens is 299 g/mol. The van der Waals surface area contributed by atoms with Crippen molar-refractivity contribution in [1.29, 1.82) is 0 Å². The highest BCUT2D eigenvalue weighted by Gasteiger charge is 2.59. The molecule has 0 saturated heterocycles. The minimum absolute atomic E-state index is 0.0322. The van der Waals surface area contributed by atoms with Gasteiger partial charge in [0.05, 0.1) is 6.10 Å². The molecule has 7 nitrogen and oxygen atoms in total. The van der Waals surface area contributed by atoms with Gasteiger partial charge in [-0.25, -0.2) is 0 Å². The van der Waals surface area contributed by atoms with E-state index in [1.165, 1.54) is 7.11 Å². The van der Waals surface area contributed by atoms with E-state index in [1.54, 1.807) is 27.7 Å². The second-order valence-corrected chi connectivity index (χ2v) is 7.68. The minimum atomic E-state index is -4.62. The Hall–Kier alpha value is -0.0100. The number of methoxy groups -OCH3 is 1. The molecule has 21 heavy (non-hydrogen) atoms. The first-order valence-electron chi connectivity index (χ1n) is 7.02. The molecular formula is C13H29O7P. The van der Waals surface area contributed by atoms with E-state index in [-0.39, 0.29) is 19.8 Å². The van der Waals surface area contributed by atoms with Gasteiger partial charge >= 0.3 is 7.60 Å². The van der Waals surface area contributed by atoms with Gasteiger partial charge in [0, 0.05) is 13.7 Å². The summed E-state index contributed by atoms with van der Waals surface area (Å²) >= 11 is 0. The Balaban J connectivity index is 5.93. The summed E-state index contributed by atoms with van der Waals surface area (Å²) in [6.45, 7) is 6.25. The number of rotatable bonds is 10. The van der Waals surface area contributed by atoms with Gasteiger partial charge in [-0.15, -0.1) is 0 Å². The van der Waals surface area contributed by atoms with Crippen LogP contribution in [0.3, 0.4) is 0 Å². The van der Waals surface area contributed by atoms with Gasteiger partial charge in [0.15, 0.2) is 0 Å². The number of aliphatic hydroxyl groups is 2. The first-order chi connectivity index (χ1) is 9.57. The molecule has 8 heteroatoms. The van der Waals surface area contributed by atoms with Crippen LogP contribution in [0.15, 0.2) is 0 Å². The summed E-state index contributed by atoms with van der Waals surface area (Å²) in [6, 6.07) is 0. The molecule has 0 aromatic carbocycles. The largest absolute Gasteiger partial charge is 0.396 e. The maximum Gasteiger partial charge on any atom is 0.334 e. The zero-order valence-electron chi connectivity index (χ0n) is 13.4. The summed E-state index contributed by atoms with van der Waals surface area (Å²) in [4.78, 5) is 19.9. The second-order valence-electron chi connectivity index (χ2n) is 5.81. The molecule has 2 unspecified atom stereocenters. The Bertz CT molecular complexity index is 331. The van der Waals surface area contributed by atoms with Crippen LogP contribution >= 0.6 is 7.60 Å². The Morgan fingerprint density at radius 3 is 1.90 bits per heavy atom. The lowest BCUT2D eigenvalue weighted by atomic mass is 9.77. The Morgan fingerprint density at radius 1 is 1.14 bits per heavy atom. The van der Waals surface area contributed by atoms with Crippen LogP contribution in [0.2, 0.25) is 0 Å². The van der Waals surface area contributed by atoms with Crippen molar-refractivity contribution >= 4 is 7.60 Å². The quantitative estimate of drug-likeness (QED) is 0.348. The van der Waals surface area contributed by atoms with E-state index in [4.69, 9.17) is 14.6 Å². The first kappa shape index (κ1) is 21.0. The fourth-order valence-electron chi connectivity index (χ4n) is 3.14. The van der Waals surface area contributed by atoms with Crippen molar-refractivity contribution in [2.45, 2.75) is 51.5 Å². The topological polar surface area (TPSA) is 116 Å². The van der Waals surface area contributed by atoms with Crippen molar-refractivity contribution in [2.24, 2.45) is 11.8 Å². The van der Waals surface area contributed by atoms with Crippen LogP contribution in [0.5, 0.6) is 0 Å². The van der Waals surface area contributed by atoms with Crippen molar-refractivity contribution in [3.63, 3.8) is 0 Å². The summed E-state index contributed by atoms with van der Waals surface area (Å²) in [5.41, 5.74) is 0. The molecule has 0 fully saturated rings. The van der Waals surface area contributed by atoms with Gasteiger partial charge in [-0.2, -0.15) is 0 Å². The van der Waals surface area contributed by atoms with Gasteiger partial charge in [-0.05, 0) is 18.3 Å². The smallest absolute Gasteiger partial charge is 0.334 e. The lowest BCUT2D eigenvalue weighted by molar-refractivity contribution is -0.144. The Morgan fingerprint density at radius 2 is 1.62 bits per heavy atom. The van der Waals surface area contributed by atoms with E-state index in [9.17, 15) is 19.5 Å². The monoisotopic (exact) mass is 328 g/mol. The third kappa shape index (κ3) is 4.48. The maximum atomic E-state index is 12.2. The van der Waals surface area contributed by atoms with Gasteiger partial charge < -0.3 is 29.5 Å². The average Bonchev–Trinajstić information content (AvgIpc) is 2.31. The van der Waals surface area contributed by atoms with Crippen molar-refractivity contribution in [3.8, 4) is 0 Å². The predicted molar refractivity (Wildman–Crippen MR) is 78.9 cm³/mol. The lowest BCUT2D eigenvalue weighted by Crippen LogP contribution is -2.57. The summed E-state index contributed by atoms with van der Waals surface area (Å²) in [7, 11) is -3.23. The lowest BCUT2D eigenvalue weighted by Gasteiger charge is -2.48. The molecule has 0 aromatic heterocycles. The molecule has 0 bridgehead atoms. The molecule has 0 amide bonds. The molecule has 128 valence electrons. The number of ether oxygens (including phenoxy) is 2. The molecule has 0 spiro atoms. The van der Waals surface area contributed by atoms with Gasteiger partial charge in [0.25, 0.3) is 0 Å². The Kier molecular flexibility index (Phi) is 8.57. The molecule has 0 aliphatic rings. The molecule has 0 aliphatic heterocycles. The molecule has 0 aromatic rings. The fourth-order valence-corrected chi connectivity index (χ4v) is 5.06. The van der Waals surface area contributed by atoms with Gasteiger partial charge in [0.1, 0.15) is 18.1 Å². The van der Waals surface area contributed by atoms with E-state index in [1.807, 2.05) is 0 Å².